The third-order valence-electron chi connectivity index (χ3n) is 2.39. The van der Waals surface area contributed by atoms with Crippen LogP contribution in [-0.2, 0) is 0 Å². The van der Waals surface area contributed by atoms with E-state index in [0.717, 1.165) is 0 Å². The van der Waals surface area contributed by atoms with E-state index in [4.69, 9.17) is 22.6 Å². The van der Waals surface area contributed by atoms with E-state index in [0.29, 0.717) is 22.2 Å². The lowest BCUT2D eigenvalue weighted by Gasteiger charge is -2.12. The van der Waals surface area contributed by atoms with Crippen molar-refractivity contribution in [3.8, 4) is 6.07 Å². The highest BCUT2D eigenvalue weighted by molar-refractivity contribution is 6.33. The smallest absolute Gasteiger partial charge is 0.233 e. The van der Waals surface area contributed by atoms with Crippen LogP contribution >= 0.6 is 11.6 Å². The summed E-state index contributed by atoms with van der Waals surface area (Å²) in [4.78, 5) is 13.9. The third kappa shape index (κ3) is 3.05. The van der Waals surface area contributed by atoms with E-state index < -0.39 is 0 Å². The van der Waals surface area contributed by atoms with Gasteiger partial charge in [-0.3, -0.25) is 0 Å². The van der Waals surface area contributed by atoms with Gasteiger partial charge in [0.2, 0.25) is 17.8 Å². The first kappa shape index (κ1) is 13.8. The van der Waals surface area contributed by atoms with Crippen molar-refractivity contribution in [1.82, 2.24) is 15.0 Å². The third-order valence-corrected chi connectivity index (χ3v) is 2.70. The fourth-order valence-electron chi connectivity index (χ4n) is 1.44. The molecule has 0 saturated heterocycles. The molecule has 1 heterocycles. The first-order valence-electron chi connectivity index (χ1n) is 5.65. The molecule has 0 aliphatic heterocycles. The second-order valence-corrected chi connectivity index (χ2v) is 4.55. The second-order valence-electron chi connectivity index (χ2n) is 4.14. The molecule has 2 aromatic rings. The predicted octanol–water partition coefficient (Wildman–Crippen LogP) is 1.79. The maximum absolute atomic E-state index is 8.79. The number of rotatable bonds is 3. The van der Waals surface area contributed by atoms with Crippen LogP contribution in [0.15, 0.2) is 18.2 Å². The molecule has 7 nitrogen and oxygen atoms in total. The Labute approximate surface area is 121 Å². The monoisotopic (exact) mass is 289 g/mol. The molecule has 0 saturated carbocycles. The summed E-state index contributed by atoms with van der Waals surface area (Å²) in [5.41, 5.74) is 6.69. The van der Waals surface area contributed by atoms with E-state index >= 15 is 0 Å². The van der Waals surface area contributed by atoms with Crippen LogP contribution in [0.1, 0.15) is 5.56 Å². The summed E-state index contributed by atoms with van der Waals surface area (Å²) in [6, 6.07) is 6.89. The molecule has 0 atom stereocenters. The van der Waals surface area contributed by atoms with E-state index in [1.54, 1.807) is 37.2 Å². The van der Waals surface area contributed by atoms with Gasteiger partial charge in [-0.1, -0.05) is 11.6 Å². The lowest BCUT2D eigenvalue weighted by molar-refractivity contribution is 0.969. The number of nitrogens with one attached hydrogen (secondary N) is 1. The number of halogens is 1. The average Bonchev–Trinajstić information content (AvgIpc) is 2.40. The zero-order chi connectivity index (χ0) is 14.7. The molecular formula is C12H12ClN7. The Balaban J connectivity index is 2.33. The van der Waals surface area contributed by atoms with Gasteiger partial charge in [0.25, 0.3) is 0 Å². The van der Waals surface area contributed by atoms with Crippen LogP contribution in [0.25, 0.3) is 0 Å². The van der Waals surface area contributed by atoms with Gasteiger partial charge >= 0.3 is 0 Å². The molecule has 102 valence electrons. The molecule has 0 amide bonds. The maximum Gasteiger partial charge on any atom is 0.233 e. The molecule has 2 rings (SSSR count). The van der Waals surface area contributed by atoms with Gasteiger partial charge in [-0.15, -0.1) is 0 Å². The van der Waals surface area contributed by atoms with Gasteiger partial charge in [-0.05, 0) is 18.2 Å². The van der Waals surface area contributed by atoms with Crippen LogP contribution < -0.4 is 16.0 Å². The quantitative estimate of drug-likeness (QED) is 0.887. The highest BCUT2D eigenvalue weighted by Crippen LogP contribution is 2.25. The molecule has 0 bridgehead atoms. The van der Waals surface area contributed by atoms with Crippen LogP contribution in [-0.4, -0.2) is 29.0 Å². The highest BCUT2D eigenvalue weighted by Gasteiger charge is 2.08. The largest absolute Gasteiger partial charge is 0.368 e. The highest BCUT2D eigenvalue weighted by atomic mass is 35.5. The van der Waals surface area contributed by atoms with Crippen molar-refractivity contribution in [3.63, 3.8) is 0 Å². The molecule has 0 aliphatic carbocycles. The fraction of sp³-hybridized carbons (Fsp3) is 0.167. The average molecular weight is 290 g/mol. The molecule has 20 heavy (non-hydrogen) atoms. The molecule has 0 unspecified atom stereocenters. The van der Waals surface area contributed by atoms with E-state index in [2.05, 4.69) is 20.3 Å². The van der Waals surface area contributed by atoms with Crippen LogP contribution in [0, 0.1) is 11.3 Å². The second kappa shape index (κ2) is 5.59. The Hall–Kier alpha value is -2.59. The van der Waals surface area contributed by atoms with Gasteiger partial charge in [0, 0.05) is 14.1 Å². The van der Waals surface area contributed by atoms with Crippen molar-refractivity contribution in [2.45, 2.75) is 0 Å². The minimum Gasteiger partial charge on any atom is -0.368 e. The molecule has 0 aliphatic rings. The van der Waals surface area contributed by atoms with E-state index in [1.807, 2.05) is 6.07 Å². The standard InChI is InChI=1S/C12H12ClN7/c1-20(2)12-18-10(15)17-11(19-12)16-9-4-3-7(6-14)5-8(9)13/h3-5H,1-2H3,(H3,15,16,17,18,19). The topological polar surface area (TPSA) is 104 Å². The van der Waals surface area contributed by atoms with Crippen molar-refractivity contribution in [2.24, 2.45) is 0 Å². The molecule has 0 fully saturated rings. The Morgan fingerprint density at radius 1 is 1.30 bits per heavy atom. The Morgan fingerprint density at radius 2 is 2.05 bits per heavy atom. The number of anilines is 4. The van der Waals surface area contributed by atoms with Crippen molar-refractivity contribution < 1.29 is 0 Å². The Morgan fingerprint density at radius 3 is 2.65 bits per heavy atom. The van der Waals surface area contributed by atoms with Crippen molar-refractivity contribution in [3.05, 3.63) is 28.8 Å². The summed E-state index contributed by atoms with van der Waals surface area (Å²) in [6.07, 6.45) is 0. The Kier molecular flexibility index (Phi) is 3.86. The van der Waals surface area contributed by atoms with Crippen molar-refractivity contribution in [2.75, 3.05) is 30.0 Å². The van der Waals surface area contributed by atoms with Gasteiger partial charge in [0.1, 0.15) is 0 Å². The molecular weight excluding hydrogens is 278 g/mol. The SMILES string of the molecule is CN(C)c1nc(N)nc(Nc2ccc(C#N)cc2Cl)n1. The van der Waals surface area contributed by atoms with Crippen LogP contribution in [0.3, 0.4) is 0 Å². The number of nitriles is 1. The summed E-state index contributed by atoms with van der Waals surface area (Å²) in [6.45, 7) is 0. The van der Waals surface area contributed by atoms with Crippen LogP contribution in [0.5, 0.6) is 0 Å². The molecule has 1 aromatic heterocycles. The van der Waals surface area contributed by atoms with E-state index in [-0.39, 0.29) is 11.9 Å². The summed E-state index contributed by atoms with van der Waals surface area (Å²) in [7, 11) is 3.60. The molecule has 1 aromatic carbocycles. The number of aromatic nitrogens is 3. The number of hydrogen-bond donors (Lipinski definition) is 2. The molecule has 3 N–H and O–H groups in total. The zero-order valence-corrected chi connectivity index (χ0v) is 11.7. The maximum atomic E-state index is 8.79. The number of nitrogen functional groups attached to an aromatic ring is 1. The molecule has 0 spiro atoms. The minimum absolute atomic E-state index is 0.107. The van der Waals surface area contributed by atoms with Crippen molar-refractivity contribution in [1.29, 1.82) is 5.26 Å². The van der Waals surface area contributed by atoms with Crippen LogP contribution in [0.4, 0.5) is 23.5 Å². The lowest BCUT2D eigenvalue weighted by atomic mass is 10.2. The van der Waals surface area contributed by atoms with Gasteiger partial charge in [0.15, 0.2) is 0 Å². The number of nitrogens with zero attached hydrogens (tertiary/aromatic N) is 5. The minimum atomic E-state index is 0.107. The first-order chi connectivity index (χ1) is 9.49. The normalized spacial score (nSPS) is 9.90. The fourth-order valence-corrected chi connectivity index (χ4v) is 1.67. The van der Waals surface area contributed by atoms with Gasteiger partial charge in [-0.2, -0.15) is 20.2 Å². The predicted molar refractivity (Wildman–Crippen MR) is 78.0 cm³/mol. The summed E-state index contributed by atoms with van der Waals surface area (Å²) < 4.78 is 0. The Bertz CT molecular complexity index is 678. The van der Waals surface area contributed by atoms with E-state index in [9.17, 15) is 0 Å². The lowest BCUT2D eigenvalue weighted by Crippen LogP contribution is -2.15. The van der Waals surface area contributed by atoms with E-state index in [1.165, 1.54) is 0 Å². The number of hydrogen-bond acceptors (Lipinski definition) is 7. The molecule has 8 heteroatoms. The zero-order valence-electron chi connectivity index (χ0n) is 10.9. The summed E-state index contributed by atoms with van der Waals surface area (Å²) in [5, 5.41) is 12.1. The number of nitrogens with two attached hydrogens (primary N) is 1. The van der Waals surface area contributed by atoms with Gasteiger partial charge < -0.3 is 16.0 Å². The summed E-state index contributed by atoms with van der Waals surface area (Å²) >= 11 is 6.07. The van der Waals surface area contributed by atoms with Crippen LogP contribution in [0.2, 0.25) is 5.02 Å². The summed E-state index contributed by atoms with van der Waals surface area (Å²) in [5.74, 6) is 0.827. The first-order valence-corrected chi connectivity index (χ1v) is 6.03. The number of benzene rings is 1. The van der Waals surface area contributed by atoms with Gasteiger partial charge in [-0.25, -0.2) is 0 Å². The van der Waals surface area contributed by atoms with Gasteiger partial charge in [0.05, 0.1) is 22.3 Å². The van der Waals surface area contributed by atoms with Crippen molar-refractivity contribution >= 4 is 35.1 Å². The molecule has 0 radical (unpaired) electrons.